The van der Waals surface area contributed by atoms with E-state index in [1.54, 1.807) is 31.2 Å². The summed E-state index contributed by atoms with van der Waals surface area (Å²) >= 11 is 3.36. The lowest BCUT2D eigenvalue weighted by Gasteiger charge is -2.21. The van der Waals surface area contributed by atoms with Crippen LogP contribution >= 0.6 is 15.9 Å². The highest BCUT2D eigenvalue weighted by Crippen LogP contribution is 2.28. The molecule has 3 atom stereocenters. The summed E-state index contributed by atoms with van der Waals surface area (Å²) in [4.78, 5) is 12.1. The summed E-state index contributed by atoms with van der Waals surface area (Å²) in [5.74, 6) is -0.775. The summed E-state index contributed by atoms with van der Waals surface area (Å²) < 4.78 is 6.79. The number of carbonyl (C=O) groups is 1. The highest BCUT2D eigenvalue weighted by atomic mass is 79.9. The van der Waals surface area contributed by atoms with Crippen LogP contribution in [0.25, 0.3) is 5.69 Å². The van der Waals surface area contributed by atoms with Gasteiger partial charge in [0.2, 0.25) is 0 Å². The second-order valence-corrected chi connectivity index (χ2v) is 5.94. The molecule has 0 bridgehead atoms. The molecular weight excluding hydrogens is 382 g/mol. The number of halogens is 1. The molecule has 0 amide bonds. The second kappa shape index (κ2) is 7.84. The third kappa shape index (κ3) is 3.64. The Morgan fingerprint density at radius 1 is 1.33 bits per heavy atom. The molecule has 130 valence electrons. The minimum Gasteiger partial charge on any atom is -0.461 e. The molecule has 3 N–H and O–H groups in total. The van der Waals surface area contributed by atoms with E-state index in [9.17, 15) is 20.1 Å². The van der Waals surface area contributed by atoms with Gasteiger partial charge in [-0.15, -0.1) is 5.10 Å². The average molecular weight is 400 g/mol. The van der Waals surface area contributed by atoms with Crippen molar-refractivity contribution < 1.29 is 24.9 Å². The van der Waals surface area contributed by atoms with Gasteiger partial charge in [-0.3, -0.25) is 0 Å². The molecule has 24 heavy (non-hydrogen) atoms. The van der Waals surface area contributed by atoms with Crippen LogP contribution in [-0.4, -0.2) is 55.1 Å². The molecule has 0 saturated heterocycles. The van der Waals surface area contributed by atoms with E-state index in [1.165, 1.54) is 11.6 Å². The highest BCUT2D eigenvalue weighted by Gasteiger charge is 2.33. The average Bonchev–Trinajstić information content (AvgIpc) is 2.98. The van der Waals surface area contributed by atoms with Gasteiger partial charge in [-0.05, 0) is 41.9 Å². The van der Waals surface area contributed by atoms with Crippen LogP contribution < -0.4 is 0 Å². The van der Waals surface area contributed by atoms with Crippen LogP contribution in [0.4, 0.5) is 0 Å². The molecule has 2 rings (SSSR count). The van der Waals surface area contributed by atoms with E-state index in [1.807, 2.05) is 0 Å². The Bertz CT molecular complexity index is 719. The number of hydrogen-bond acceptors (Lipinski definition) is 7. The largest absolute Gasteiger partial charge is 0.461 e. The molecular formula is C15H18BrN3O5. The number of carbonyl (C=O) groups excluding carboxylic acids is 1. The van der Waals surface area contributed by atoms with Crippen molar-refractivity contribution in [1.29, 1.82) is 0 Å². The van der Waals surface area contributed by atoms with Crippen LogP contribution in [0.5, 0.6) is 0 Å². The summed E-state index contributed by atoms with van der Waals surface area (Å²) in [7, 11) is 0. The van der Waals surface area contributed by atoms with Crippen molar-refractivity contribution in [3.63, 3.8) is 0 Å². The maximum absolute atomic E-state index is 12.1. The molecule has 8 nitrogen and oxygen atoms in total. The fourth-order valence-corrected chi connectivity index (χ4v) is 2.58. The number of aliphatic hydroxyl groups is 3. The molecule has 0 aliphatic carbocycles. The molecule has 0 aliphatic heterocycles. The van der Waals surface area contributed by atoms with Crippen molar-refractivity contribution in [2.45, 2.75) is 32.2 Å². The van der Waals surface area contributed by atoms with Crippen molar-refractivity contribution >= 4 is 21.9 Å². The van der Waals surface area contributed by atoms with Gasteiger partial charge in [0.15, 0.2) is 5.69 Å². The maximum Gasteiger partial charge on any atom is 0.360 e. The monoisotopic (exact) mass is 399 g/mol. The predicted molar refractivity (Wildman–Crippen MR) is 87.7 cm³/mol. The van der Waals surface area contributed by atoms with Gasteiger partial charge in [-0.2, -0.15) is 0 Å². The van der Waals surface area contributed by atoms with Gasteiger partial charge < -0.3 is 20.1 Å². The molecule has 1 aromatic heterocycles. The standard InChI is InChI=1S/C15H18BrN3O5/c1-3-24-15(23)11-12(14(22)13(21)8(2)20)19(18-17-11)10-7-5-4-6-9(10)16/h4-8,13-14,20-22H,3H2,1-2H3/t8-,13-,14-/m0/s1. The number of ether oxygens (including phenoxy) is 1. The Morgan fingerprint density at radius 2 is 2.00 bits per heavy atom. The van der Waals surface area contributed by atoms with Crippen LogP contribution in [-0.2, 0) is 4.74 Å². The fraction of sp³-hybridized carbons (Fsp3) is 0.400. The van der Waals surface area contributed by atoms with E-state index in [0.29, 0.717) is 10.2 Å². The molecule has 0 spiro atoms. The summed E-state index contributed by atoms with van der Waals surface area (Å²) in [6.45, 7) is 3.08. The molecule has 1 heterocycles. The van der Waals surface area contributed by atoms with E-state index in [2.05, 4.69) is 26.2 Å². The third-order valence-electron chi connectivity index (χ3n) is 3.35. The topological polar surface area (TPSA) is 118 Å². The van der Waals surface area contributed by atoms with Gasteiger partial charge in [-0.25, -0.2) is 9.48 Å². The van der Waals surface area contributed by atoms with E-state index in [-0.39, 0.29) is 18.0 Å². The van der Waals surface area contributed by atoms with E-state index >= 15 is 0 Å². The lowest BCUT2D eigenvalue weighted by Crippen LogP contribution is -2.32. The minimum atomic E-state index is -1.59. The first-order chi connectivity index (χ1) is 11.4. The number of benzene rings is 1. The Morgan fingerprint density at radius 3 is 2.58 bits per heavy atom. The Labute approximate surface area is 146 Å². The first kappa shape index (κ1) is 18.5. The van der Waals surface area contributed by atoms with Crippen LogP contribution in [0.3, 0.4) is 0 Å². The first-order valence-electron chi connectivity index (χ1n) is 7.30. The lowest BCUT2D eigenvalue weighted by molar-refractivity contribution is -0.0560. The van der Waals surface area contributed by atoms with Gasteiger partial charge in [-0.1, -0.05) is 17.3 Å². The molecule has 9 heteroatoms. The zero-order valence-electron chi connectivity index (χ0n) is 13.1. The van der Waals surface area contributed by atoms with Crippen molar-refractivity contribution in [3.8, 4) is 5.69 Å². The number of para-hydroxylation sites is 1. The summed E-state index contributed by atoms with van der Waals surface area (Å²) in [5.41, 5.74) is 0.223. The van der Waals surface area contributed by atoms with E-state index < -0.39 is 24.3 Å². The zero-order valence-corrected chi connectivity index (χ0v) is 14.7. The Hall–Kier alpha value is -1.81. The number of nitrogens with zero attached hydrogens (tertiary/aromatic N) is 3. The lowest BCUT2D eigenvalue weighted by atomic mass is 10.0. The number of hydrogen-bond donors (Lipinski definition) is 3. The maximum atomic E-state index is 12.1. The molecule has 2 aromatic rings. The van der Waals surface area contributed by atoms with Crippen molar-refractivity contribution in [2.75, 3.05) is 6.61 Å². The van der Waals surface area contributed by atoms with Gasteiger partial charge in [0, 0.05) is 4.47 Å². The fourth-order valence-electron chi connectivity index (χ4n) is 2.13. The highest BCUT2D eigenvalue weighted by molar-refractivity contribution is 9.10. The quantitative estimate of drug-likeness (QED) is 0.619. The molecule has 0 unspecified atom stereocenters. The van der Waals surface area contributed by atoms with Gasteiger partial charge >= 0.3 is 5.97 Å². The first-order valence-corrected chi connectivity index (χ1v) is 8.09. The molecule has 1 aromatic carbocycles. The van der Waals surface area contributed by atoms with Crippen LogP contribution in [0.15, 0.2) is 28.7 Å². The number of aromatic nitrogens is 3. The van der Waals surface area contributed by atoms with Crippen molar-refractivity contribution in [3.05, 3.63) is 40.1 Å². The van der Waals surface area contributed by atoms with Crippen molar-refractivity contribution in [2.24, 2.45) is 0 Å². The summed E-state index contributed by atoms with van der Waals surface area (Å²) in [5, 5.41) is 37.7. The van der Waals surface area contributed by atoms with Crippen molar-refractivity contribution in [1.82, 2.24) is 15.0 Å². The predicted octanol–water partition coefficient (Wildman–Crippen LogP) is 0.982. The van der Waals surface area contributed by atoms with Crippen LogP contribution in [0.2, 0.25) is 0 Å². The van der Waals surface area contributed by atoms with Crippen LogP contribution in [0, 0.1) is 0 Å². The molecule has 0 radical (unpaired) electrons. The Kier molecular flexibility index (Phi) is 6.05. The van der Waals surface area contributed by atoms with Crippen LogP contribution in [0.1, 0.15) is 36.1 Å². The van der Waals surface area contributed by atoms with E-state index in [0.717, 1.165) is 0 Å². The Balaban J connectivity index is 2.60. The normalized spacial score (nSPS) is 14.9. The summed E-state index contributed by atoms with van der Waals surface area (Å²) in [6.07, 6.45) is -4.35. The zero-order chi connectivity index (χ0) is 17.9. The van der Waals surface area contributed by atoms with Gasteiger partial charge in [0.1, 0.15) is 17.9 Å². The number of aliphatic hydroxyl groups excluding tert-OH is 3. The second-order valence-electron chi connectivity index (χ2n) is 5.08. The van der Waals surface area contributed by atoms with E-state index in [4.69, 9.17) is 4.74 Å². The molecule has 0 saturated carbocycles. The van der Waals surface area contributed by atoms with Gasteiger partial charge in [0.25, 0.3) is 0 Å². The number of rotatable bonds is 6. The molecule has 0 aliphatic rings. The molecule has 0 fully saturated rings. The SMILES string of the molecule is CCOC(=O)c1nnn(-c2ccccc2Br)c1[C@H](O)[C@@H](O)[C@H](C)O. The summed E-state index contributed by atoms with van der Waals surface area (Å²) in [6, 6.07) is 6.98. The minimum absolute atomic E-state index is 0.0613. The third-order valence-corrected chi connectivity index (χ3v) is 4.02. The van der Waals surface area contributed by atoms with Gasteiger partial charge in [0.05, 0.1) is 18.4 Å². The smallest absolute Gasteiger partial charge is 0.360 e. The number of esters is 1.